The van der Waals surface area contributed by atoms with E-state index in [9.17, 15) is 4.21 Å². The summed E-state index contributed by atoms with van der Waals surface area (Å²) in [6.45, 7) is 15.6. The fourth-order valence-electron chi connectivity index (χ4n) is 2.55. The average Bonchev–Trinajstić information content (AvgIpc) is 2.78. The highest BCUT2D eigenvalue weighted by atomic mass is 127. The molecule has 0 aliphatic carbocycles. The third kappa shape index (κ3) is 7.69. The SMILES string of the molecule is CN=C(NCCS(=O)C(C)(C)C)NC1CN(C(C)C)CC1C.I. The second kappa shape index (κ2) is 10.2. The monoisotopic (exact) mass is 458 g/mol. The molecule has 0 radical (unpaired) electrons. The van der Waals surface area contributed by atoms with Crippen LogP contribution in [0, 0.1) is 5.92 Å². The quantitative estimate of drug-likeness (QED) is 0.376. The van der Waals surface area contributed by atoms with Crippen LogP contribution in [0.3, 0.4) is 0 Å². The Balaban J connectivity index is 0.00000484. The lowest BCUT2D eigenvalue weighted by molar-refractivity contribution is 0.265. The largest absolute Gasteiger partial charge is 0.355 e. The van der Waals surface area contributed by atoms with Crippen molar-refractivity contribution in [2.45, 2.75) is 58.4 Å². The molecule has 3 atom stereocenters. The van der Waals surface area contributed by atoms with Gasteiger partial charge in [-0.2, -0.15) is 0 Å². The molecule has 5 nitrogen and oxygen atoms in total. The summed E-state index contributed by atoms with van der Waals surface area (Å²) in [4.78, 5) is 6.78. The summed E-state index contributed by atoms with van der Waals surface area (Å²) in [5.74, 6) is 2.06. The molecular weight excluding hydrogens is 423 g/mol. The first-order valence-electron chi connectivity index (χ1n) is 8.25. The molecule has 23 heavy (non-hydrogen) atoms. The van der Waals surface area contributed by atoms with E-state index in [0.717, 1.165) is 19.0 Å². The van der Waals surface area contributed by atoms with Crippen molar-refractivity contribution in [3.8, 4) is 0 Å². The molecule has 1 heterocycles. The van der Waals surface area contributed by atoms with Crippen molar-refractivity contribution in [3.05, 3.63) is 0 Å². The molecule has 0 bridgehead atoms. The lowest BCUT2D eigenvalue weighted by Gasteiger charge is -2.22. The summed E-state index contributed by atoms with van der Waals surface area (Å²) >= 11 is 0. The third-order valence-corrected chi connectivity index (χ3v) is 6.12. The van der Waals surface area contributed by atoms with Gasteiger partial charge in [0.15, 0.2) is 5.96 Å². The Labute approximate surface area is 161 Å². The molecule has 0 aromatic carbocycles. The third-order valence-electron chi connectivity index (χ3n) is 4.18. The number of hydrogen-bond donors (Lipinski definition) is 2. The summed E-state index contributed by atoms with van der Waals surface area (Å²) in [6.07, 6.45) is 0. The van der Waals surface area contributed by atoms with Crippen LogP contribution in [0.2, 0.25) is 0 Å². The Morgan fingerprint density at radius 1 is 1.35 bits per heavy atom. The van der Waals surface area contributed by atoms with E-state index in [1.165, 1.54) is 0 Å². The van der Waals surface area contributed by atoms with Gasteiger partial charge in [0.2, 0.25) is 0 Å². The number of nitrogens with zero attached hydrogens (tertiary/aromatic N) is 2. The smallest absolute Gasteiger partial charge is 0.191 e. The van der Waals surface area contributed by atoms with Gasteiger partial charge in [-0.05, 0) is 40.5 Å². The minimum absolute atomic E-state index is 0. The van der Waals surface area contributed by atoms with E-state index in [1.54, 1.807) is 7.05 Å². The van der Waals surface area contributed by atoms with Gasteiger partial charge in [0.25, 0.3) is 0 Å². The van der Waals surface area contributed by atoms with E-state index in [4.69, 9.17) is 0 Å². The summed E-state index contributed by atoms with van der Waals surface area (Å²) in [5, 5.41) is 6.80. The zero-order valence-electron chi connectivity index (χ0n) is 15.7. The van der Waals surface area contributed by atoms with E-state index in [0.29, 0.717) is 30.3 Å². The molecule has 138 valence electrons. The van der Waals surface area contributed by atoms with Crippen molar-refractivity contribution in [1.29, 1.82) is 0 Å². The standard InChI is InChI=1S/C16H34N4OS.HI/c1-12(2)20-10-13(3)14(11-20)19-15(17-7)18-8-9-22(21)16(4,5)6;/h12-14H,8-11H2,1-7H3,(H2,17,18,19);1H. The second-order valence-electron chi connectivity index (χ2n) is 7.44. The maximum Gasteiger partial charge on any atom is 0.191 e. The molecule has 1 fully saturated rings. The van der Waals surface area contributed by atoms with E-state index in [-0.39, 0.29) is 28.7 Å². The molecule has 0 spiro atoms. The van der Waals surface area contributed by atoms with Crippen LogP contribution < -0.4 is 10.6 Å². The topological polar surface area (TPSA) is 56.7 Å². The van der Waals surface area contributed by atoms with E-state index >= 15 is 0 Å². The molecule has 1 rings (SSSR count). The van der Waals surface area contributed by atoms with Crippen LogP contribution in [0.1, 0.15) is 41.5 Å². The maximum atomic E-state index is 12.1. The molecule has 0 amide bonds. The fourth-order valence-corrected chi connectivity index (χ4v) is 3.45. The van der Waals surface area contributed by atoms with Gasteiger partial charge >= 0.3 is 0 Å². The minimum atomic E-state index is -0.832. The first kappa shape index (κ1) is 23.1. The van der Waals surface area contributed by atoms with Crippen molar-refractivity contribution in [3.63, 3.8) is 0 Å². The number of hydrogen-bond acceptors (Lipinski definition) is 3. The Morgan fingerprint density at radius 2 is 1.96 bits per heavy atom. The first-order chi connectivity index (χ1) is 10.1. The average molecular weight is 458 g/mol. The second-order valence-corrected chi connectivity index (χ2v) is 9.76. The van der Waals surface area contributed by atoms with Gasteiger partial charge in [0.1, 0.15) is 0 Å². The molecule has 0 saturated carbocycles. The summed E-state index contributed by atoms with van der Waals surface area (Å²) in [6, 6.07) is 1.00. The zero-order chi connectivity index (χ0) is 16.9. The van der Waals surface area contributed by atoms with Crippen molar-refractivity contribution in [2.75, 3.05) is 32.4 Å². The lowest BCUT2D eigenvalue weighted by Crippen LogP contribution is -2.47. The fraction of sp³-hybridized carbons (Fsp3) is 0.938. The van der Waals surface area contributed by atoms with Crippen LogP contribution in [-0.4, -0.2) is 64.3 Å². The molecular formula is C16H35IN4OS. The van der Waals surface area contributed by atoms with E-state index in [1.807, 2.05) is 20.8 Å². The van der Waals surface area contributed by atoms with Crippen LogP contribution in [0.4, 0.5) is 0 Å². The first-order valence-corrected chi connectivity index (χ1v) is 9.56. The lowest BCUT2D eigenvalue weighted by atomic mass is 10.1. The minimum Gasteiger partial charge on any atom is -0.355 e. The van der Waals surface area contributed by atoms with Crippen molar-refractivity contribution >= 4 is 40.7 Å². The van der Waals surface area contributed by atoms with E-state index < -0.39 is 10.8 Å². The van der Waals surface area contributed by atoms with Gasteiger partial charge in [-0.3, -0.25) is 14.1 Å². The van der Waals surface area contributed by atoms with Crippen LogP contribution in [0.25, 0.3) is 0 Å². The van der Waals surface area contributed by atoms with Gasteiger partial charge in [0.05, 0.1) is 0 Å². The summed E-state index contributed by atoms with van der Waals surface area (Å²) in [5.41, 5.74) is 0. The van der Waals surface area contributed by atoms with Crippen LogP contribution in [0.15, 0.2) is 4.99 Å². The Morgan fingerprint density at radius 3 is 2.39 bits per heavy atom. The van der Waals surface area contributed by atoms with Crippen molar-refractivity contribution < 1.29 is 4.21 Å². The molecule has 2 N–H and O–H groups in total. The summed E-state index contributed by atoms with van der Waals surface area (Å²) < 4.78 is 11.9. The summed E-state index contributed by atoms with van der Waals surface area (Å²) in [7, 11) is 0.956. The number of halogens is 1. The number of nitrogens with one attached hydrogen (secondary N) is 2. The van der Waals surface area contributed by atoms with E-state index in [2.05, 4.69) is 41.3 Å². The predicted octanol–water partition coefficient (Wildman–Crippen LogP) is 2.05. The highest BCUT2D eigenvalue weighted by Gasteiger charge is 2.31. The van der Waals surface area contributed by atoms with Gasteiger partial charge < -0.3 is 10.6 Å². The van der Waals surface area contributed by atoms with Crippen LogP contribution in [-0.2, 0) is 10.8 Å². The van der Waals surface area contributed by atoms with Crippen LogP contribution in [0.5, 0.6) is 0 Å². The highest BCUT2D eigenvalue weighted by Crippen LogP contribution is 2.18. The van der Waals surface area contributed by atoms with Gasteiger partial charge in [-0.1, -0.05) is 6.92 Å². The molecule has 7 heteroatoms. The predicted molar refractivity (Wildman–Crippen MR) is 112 cm³/mol. The Kier molecular flexibility index (Phi) is 10.2. The highest BCUT2D eigenvalue weighted by molar-refractivity contribution is 14.0. The Hall–Kier alpha value is 0.110. The molecule has 0 aromatic heterocycles. The molecule has 1 aliphatic rings. The molecule has 3 unspecified atom stereocenters. The van der Waals surface area contributed by atoms with Gasteiger partial charge in [-0.15, -0.1) is 24.0 Å². The van der Waals surface area contributed by atoms with Gasteiger partial charge in [0, 0.05) is 60.1 Å². The number of aliphatic imine (C=N–C) groups is 1. The molecule has 1 saturated heterocycles. The number of guanidine groups is 1. The molecule has 1 aliphatic heterocycles. The van der Waals surface area contributed by atoms with Gasteiger partial charge in [-0.25, -0.2) is 0 Å². The number of likely N-dealkylation sites (tertiary alicyclic amines) is 1. The normalized spacial score (nSPS) is 24.4. The maximum absolute atomic E-state index is 12.1. The van der Waals surface area contributed by atoms with Crippen LogP contribution >= 0.6 is 24.0 Å². The number of rotatable bonds is 5. The van der Waals surface area contributed by atoms with Crippen molar-refractivity contribution in [1.82, 2.24) is 15.5 Å². The van der Waals surface area contributed by atoms with Crippen molar-refractivity contribution in [2.24, 2.45) is 10.9 Å². The molecule has 0 aromatic rings. The Bertz CT molecular complexity index is 409. The zero-order valence-corrected chi connectivity index (χ0v) is 18.8.